The molecule has 0 aliphatic heterocycles. The van der Waals surface area contributed by atoms with Gasteiger partial charge in [0.05, 0.1) is 16.0 Å². The van der Waals surface area contributed by atoms with Gasteiger partial charge in [-0.25, -0.2) is 4.98 Å². The summed E-state index contributed by atoms with van der Waals surface area (Å²) < 4.78 is 1.92. The molecule has 0 bridgehead atoms. The number of thioether (sulfide) groups is 1. The maximum absolute atomic E-state index is 12.1. The molecule has 0 unspecified atom stereocenters. The van der Waals surface area contributed by atoms with E-state index in [0.29, 0.717) is 11.7 Å². The van der Waals surface area contributed by atoms with Crippen molar-refractivity contribution >= 4 is 50.6 Å². The predicted molar refractivity (Wildman–Crippen MR) is 104 cm³/mol. The standard InChI is InChI=1S/C18H19N3OS2/c1-11(2)12-3-6-14(7-4-12)20-17(22)10-23-18-21-15-8-5-13(19)9-16(15)24-18/h3-9,11H,10,19H2,1-2H3,(H,20,22). The average molecular weight is 358 g/mol. The zero-order valence-corrected chi connectivity index (χ0v) is 15.2. The number of fused-ring (bicyclic) bond motifs is 1. The number of carbonyl (C=O) groups is 1. The van der Waals surface area contributed by atoms with Crippen LogP contribution in [0.3, 0.4) is 0 Å². The van der Waals surface area contributed by atoms with Crippen LogP contribution in [0.15, 0.2) is 46.8 Å². The first-order valence-corrected chi connectivity index (χ1v) is 9.50. The van der Waals surface area contributed by atoms with Crippen molar-refractivity contribution in [1.82, 2.24) is 4.98 Å². The molecule has 4 nitrogen and oxygen atoms in total. The van der Waals surface area contributed by atoms with Gasteiger partial charge < -0.3 is 11.1 Å². The van der Waals surface area contributed by atoms with Crippen LogP contribution in [-0.4, -0.2) is 16.6 Å². The zero-order valence-electron chi connectivity index (χ0n) is 13.6. The minimum atomic E-state index is -0.0314. The average Bonchev–Trinajstić information content (AvgIpc) is 2.95. The van der Waals surface area contributed by atoms with E-state index in [9.17, 15) is 4.79 Å². The SMILES string of the molecule is CC(C)c1ccc(NC(=O)CSc2nc3ccc(N)cc3s2)cc1. The molecule has 0 aliphatic rings. The smallest absolute Gasteiger partial charge is 0.234 e. The second-order valence-electron chi connectivity index (χ2n) is 5.82. The van der Waals surface area contributed by atoms with Gasteiger partial charge in [0.25, 0.3) is 0 Å². The van der Waals surface area contributed by atoms with E-state index < -0.39 is 0 Å². The normalized spacial score (nSPS) is 11.1. The molecule has 3 aromatic rings. The minimum Gasteiger partial charge on any atom is -0.399 e. The monoisotopic (exact) mass is 357 g/mol. The maximum Gasteiger partial charge on any atom is 0.234 e. The van der Waals surface area contributed by atoms with Gasteiger partial charge in [-0.15, -0.1) is 11.3 Å². The number of hydrogen-bond acceptors (Lipinski definition) is 5. The van der Waals surface area contributed by atoms with Crippen molar-refractivity contribution in [1.29, 1.82) is 0 Å². The number of hydrogen-bond donors (Lipinski definition) is 2. The lowest BCUT2D eigenvalue weighted by molar-refractivity contribution is -0.113. The molecule has 3 rings (SSSR count). The Hall–Kier alpha value is -2.05. The van der Waals surface area contributed by atoms with Gasteiger partial charge in [0.2, 0.25) is 5.91 Å². The summed E-state index contributed by atoms with van der Waals surface area (Å²) in [5.74, 6) is 0.788. The first kappa shape index (κ1) is 16.8. The van der Waals surface area contributed by atoms with E-state index >= 15 is 0 Å². The molecule has 1 aromatic heterocycles. The van der Waals surface area contributed by atoms with Gasteiger partial charge in [-0.05, 0) is 41.8 Å². The molecular formula is C18H19N3OS2. The number of carbonyl (C=O) groups excluding carboxylic acids is 1. The lowest BCUT2D eigenvalue weighted by Gasteiger charge is -2.08. The number of amides is 1. The van der Waals surface area contributed by atoms with Crippen LogP contribution in [0.5, 0.6) is 0 Å². The highest BCUT2D eigenvalue weighted by atomic mass is 32.2. The molecule has 0 radical (unpaired) electrons. The van der Waals surface area contributed by atoms with Gasteiger partial charge in [-0.3, -0.25) is 4.79 Å². The van der Waals surface area contributed by atoms with Crippen molar-refractivity contribution in [3.05, 3.63) is 48.0 Å². The summed E-state index contributed by atoms with van der Waals surface area (Å²) in [5.41, 5.74) is 9.51. The topological polar surface area (TPSA) is 68.0 Å². The molecule has 124 valence electrons. The molecule has 0 fully saturated rings. The third-order valence-electron chi connectivity index (χ3n) is 3.58. The molecule has 1 amide bonds. The van der Waals surface area contributed by atoms with E-state index in [1.807, 2.05) is 42.5 Å². The van der Waals surface area contributed by atoms with Crippen LogP contribution in [0.1, 0.15) is 25.3 Å². The van der Waals surface area contributed by atoms with Crippen LogP contribution < -0.4 is 11.1 Å². The van der Waals surface area contributed by atoms with Crippen LogP contribution >= 0.6 is 23.1 Å². The summed E-state index contributed by atoms with van der Waals surface area (Å²) in [6.07, 6.45) is 0. The number of thiazole rings is 1. The Balaban J connectivity index is 1.58. The summed E-state index contributed by atoms with van der Waals surface area (Å²) in [4.78, 5) is 16.6. The van der Waals surface area contributed by atoms with Gasteiger partial charge in [-0.2, -0.15) is 0 Å². The quantitative estimate of drug-likeness (QED) is 0.511. The van der Waals surface area contributed by atoms with Crippen molar-refractivity contribution in [2.24, 2.45) is 0 Å². The van der Waals surface area contributed by atoms with Gasteiger partial charge in [-0.1, -0.05) is 37.7 Å². The summed E-state index contributed by atoms with van der Waals surface area (Å²) in [6, 6.07) is 13.6. The lowest BCUT2D eigenvalue weighted by Crippen LogP contribution is -2.13. The van der Waals surface area contributed by atoms with E-state index in [2.05, 4.69) is 24.1 Å². The minimum absolute atomic E-state index is 0.0314. The number of benzene rings is 2. The second kappa shape index (κ2) is 7.23. The van der Waals surface area contributed by atoms with E-state index in [1.165, 1.54) is 17.3 Å². The van der Waals surface area contributed by atoms with Gasteiger partial charge in [0.1, 0.15) is 0 Å². The summed E-state index contributed by atoms with van der Waals surface area (Å²) >= 11 is 3.00. The van der Waals surface area contributed by atoms with Gasteiger partial charge in [0, 0.05) is 11.4 Å². The highest BCUT2D eigenvalue weighted by molar-refractivity contribution is 8.01. The Morgan fingerprint density at radius 1 is 1.25 bits per heavy atom. The molecule has 3 N–H and O–H groups in total. The number of anilines is 2. The molecular weight excluding hydrogens is 338 g/mol. The lowest BCUT2D eigenvalue weighted by atomic mass is 10.0. The molecule has 0 saturated heterocycles. The number of nitrogens with zero attached hydrogens (tertiary/aromatic N) is 1. The first-order chi connectivity index (χ1) is 11.5. The van der Waals surface area contributed by atoms with Gasteiger partial charge in [0.15, 0.2) is 4.34 Å². The zero-order chi connectivity index (χ0) is 17.1. The molecule has 0 saturated carbocycles. The Morgan fingerprint density at radius 3 is 2.71 bits per heavy atom. The van der Waals surface area contributed by atoms with E-state index in [4.69, 9.17) is 5.73 Å². The van der Waals surface area contributed by atoms with Crippen molar-refractivity contribution in [2.75, 3.05) is 16.8 Å². The Morgan fingerprint density at radius 2 is 2.00 bits per heavy atom. The first-order valence-electron chi connectivity index (χ1n) is 7.70. The van der Waals surface area contributed by atoms with Crippen LogP contribution in [0.25, 0.3) is 10.2 Å². The summed E-state index contributed by atoms with van der Waals surface area (Å²) in [5, 5.41) is 2.92. The van der Waals surface area contributed by atoms with E-state index in [1.54, 1.807) is 11.3 Å². The molecule has 0 aliphatic carbocycles. The van der Waals surface area contributed by atoms with E-state index in [-0.39, 0.29) is 5.91 Å². The van der Waals surface area contributed by atoms with Crippen molar-refractivity contribution < 1.29 is 4.79 Å². The van der Waals surface area contributed by atoms with Crippen LogP contribution in [0.4, 0.5) is 11.4 Å². The Bertz CT molecular complexity index is 856. The fourth-order valence-electron chi connectivity index (χ4n) is 2.26. The molecule has 24 heavy (non-hydrogen) atoms. The summed E-state index contributed by atoms with van der Waals surface area (Å²) in [6.45, 7) is 4.30. The van der Waals surface area contributed by atoms with Crippen molar-refractivity contribution in [2.45, 2.75) is 24.1 Å². The molecule has 6 heteroatoms. The highest BCUT2D eigenvalue weighted by Crippen LogP contribution is 2.30. The Labute approximate surface area is 149 Å². The molecule has 0 atom stereocenters. The number of nitrogens with two attached hydrogens (primary N) is 1. The number of rotatable bonds is 5. The third-order valence-corrected chi connectivity index (χ3v) is 5.74. The fourth-order valence-corrected chi connectivity index (χ4v) is 4.17. The van der Waals surface area contributed by atoms with Gasteiger partial charge >= 0.3 is 0 Å². The van der Waals surface area contributed by atoms with Crippen LogP contribution in [0, 0.1) is 0 Å². The predicted octanol–water partition coefficient (Wildman–Crippen LogP) is 4.73. The summed E-state index contributed by atoms with van der Waals surface area (Å²) in [7, 11) is 0. The number of nitrogen functional groups attached to an aromatic ring is 1. The molecule has 2 aromatic carbocycles. The van der Waals surface area contributed by atoms with Crippen molar-refractivity contribution in [3.63, 3.8) is 0 Å². The molecule has 1 heterocycles. The fraction of sp³-hybridized carbons (Fsp3) is 0.222. The van der Waals surface area contributed by atoms with Crippen LogP contribution in [0.2, 0.25) is 0 Å². The third kappa shape index (κ3) is 4.07. The van der Waals surface area contributed by atoms with Crippen molar-refractivity contribution in [3.8, 4) is 0 Å². The Kier molecular flexibility index (Phi) is 5.06. The second-order valence-corrected chi connectivity index (χ2v) is 8.07. The maximum atomic E-state index is 12.1. The van der Waals surface area contributed by atoms with E-state index in [0.717, 1.165) is 25.9 Å². The molecule has 0 spiro atoms. The van der Waals surface area contributed by atoms with Crippen LogP contribution in [-0.2, 0) is 4.79 Å². The number of nitrogens with one attached hydrogen (secondary N) is 1. The largest absolute Gasteiger partial charge is 0.399 e. The number of aromatic nitrogens is 1. The highest BCUT2D eigenvalue weighted by Gasteiger charge is 2.09.